The Morgan fingerprint density at radius 3 is 2.53 bits per heavy atom. The molecule has 32 heavy (non-hydrogen) atoms. The Morgan fingerprint density at radius 2 is 1.91 bits per heavy atom. The third-order valence-corrected chi connectivity index (χ3v) is 8.23. The lowest BCUT2D eigenvalue weighted by Crippen LogP contribution is -2.39. The van der Waals surface area contributed by atoms with Crippen LogP contribution < -0.4 is 10.1 Å². The van der Waals surface area contributed by atoms with Gasteiger partial charge in [0.2, 0.25) is 0 Å². The predicted molar refractivity (Wildman–Crippen MR) is 124 cm³/mol. The minimum atomic E-state index is -3.11. The van der Waals surface area contributed by atoms with Crippen molar-refractivity contribution in [1.29, 1.82) is 0 Å². The molecule has 2 heterocycles. The van der Waals surface area contributed by atoms with E-state index in [4.69, 9.17) is 9.47 Å². The molecule has 2 aliphatic rings. The lowest BCUT2D eigenvalue weighted by atomic mass is 10.1. The second-order valence-electron chi connectivity index (χ2n) is 8.74. The van der Waals surface area contributed by atoms with Gasteiger partial charge in [-0.15, -0.1) is 0 Å². The van der Waals surface area contributed by atoms with Crippen molar-refractivity contribution >= 4 is 38.8 Å². The number of amides is 2. The van der Waals surface area contributed by atoms with Gasteiger partial charge in [0.1, 0.15) is 17.9 Å². The SMILES string of the molecule is COc1ccc(CCN2C(=NC(=O)CNC(=O)OC(C)(C)C)S[C@@H]3CS(=O)(=O)C[C@@H]32)cc1. The molecule has 0 radical (unpaired) electrons. The van der Waals surface area contributed by atoms with Gasteiger partial charge < -0.3 is 19.7 Å². The van der Waals surface area contributed by atoms with Crippen LogP contribution in [-0.4, -0.2) is 79.1 Å². The molecule has 2 saturated heterocycles. The number of thioether (sulfide) groups is 1. The molecule has 9 nitrogen and oxygen atoms in total. The molecule has 0 saturated carbocycles. The number of benzene rings is 1. The molecular weight excluding hydrogens is 454 g/mol. The molecule has 2 amide bonds. The molecule has 1 N–H and O–H groups in total. The van der Waals surface area contributed by atoms with Gasteiger partial charge in [-0.2, -0.15) is 4.99 Å². The maximum atomic E-state index is 12.4. The molecule has 1 aromatic rings. The summed E-state index contributed by atoms with van der Waals surface area (Å²) in [4.78, 5) is 30.2. The molecule has 0 bridgehead atoms. The Kier molecular flexibility index (Phi) is 7.39. The molecule has 3 rings (SSSR count). The van der Waals surface area contributed by atoms with E-state index in [0.717, 1.165) is 11.3 Å². The molecule has 0 unspecified atom stereocenters. The first kappa shape index (κ1) is 24.4. The minimum Gasteiger partial charge on any atom is -0.497 e. The van der Waals surface area contributed by atoms with Gasteiger partial charge in [-0.25, -0.2) is 13.2 Å². The number of sulfone groups is 1. The number of carbonyl (C=O) groups is 2. The maximum absolute atomic E-state index is 12.4. The van der Waals surface area contributed by atoms with Crippen LogP contribution in [0, 0.1) is 0 Å². The summed E-state index contributed by atoms with van der Waals surface area (Å²) in [6.45, 7) is 5.44. The summed E-state index contributed by atoms with van der Waals surface area (Å²) in [6.07, 6.45) is -0.0264. The fourth-order valence-electron chi connectivity index (χ4n) is 3.55. The van der Waals surface area contributed by atoms with Gasteiger partial charge in [0.25, 0.3) is 5.91 Å². The average molecular weight is 484 g/mol. The van der Waals surface area contributed by atoms with Gasteiger partial charge in [0, 0.05) is 11.8 Å². The molecule has 0 aromatic heterocycles. The maximum Gasteiger partial charge on any atom is 0.408 e. The first-order chi connectivity index (χ1) is 15.0. The summed E-state index contributed by atoms with van der Waals surface area (Å²) >= 11 is 1.32. The van der Waals surface area contributed by atoms with Gasteiger partial charge in [0.05, 0.1) is 24.7 Å². The molecule has 1 aromatic carbocycles. The van der Waals surface area contributed by atoms with E-state index in [1.54, 1.807) is 27.9 Å². The normalized spacial score (nSPS) is 23.1. The van der Waals surface area contributed by atoms with E-state index in [-0.39, 0.29) is 29.3 Å². The number of carbonyl (C=O) groups excluding carboxylic acids is 2. The lowest BCUT2D eigenvalue weighted by molar-refractivity contribution is -0.117. The Labute approximate surface area is 192 Å². The van der Waals surface area contributed by atoms with Crippen LogP contribution in [0.15, 0.2) is 29.3 Å². The standard InChI is InChI=1S/C21H29N3O6S2/c1-21(2,3)30-20(26)22-11-18(25)23-19-24(16-12-32(27,28)13-17(16)31-19)10-9-14-5-7-15(29-4)8-6-14/h5-8,16-17H,9-13H2,1-4H3,(H,22,26)/t16-,17+/m0/s1. The van der Waals surface area contributed by atoms with Crippen LogP contribution in [0.25, 0.3) is 0 Å². The Bertz CT molecular complexity index is 986. The number of amidine groups is 1. The Balaban J connectivity index is 1.67. The Morgan fingerprint density at radius 1 is 1.22 bits per heavy atom. The number of aliphatic imine (C=N–C) groups is 1. The van der Waals surface area contributed by atoms with Crippen LogP contribution in [0.3, 0.4) is 0 Å². The van der Waals surface area contributed by atoms with Crippen molar-refractivity contribution in [3.05, 3.63) is 29.8 Å². The third-order valence-electron chi connectivity index (χ3n) is 4.98. The number of rotatable bonds is 6. The highest BCUT2D eigenvalue weighted by Crippen LogP contribution is 2.38. The second kappa shape index (κ2) is 9.70. The van der Waals surface area contributed by atoms with E-state index in [0.29, 0.717) is 18.1 Å². The van der Waals surface area contributed by atoms with Crippen molar-refractivity contribution in [3.8, 4) is 5.75 Å². The van der Waals surface area contributed by atoms with Crippen molar-refractivity contribution < 1.29 is 27.5 Å². The zero-order valence-electron chi connectivity index (χ0n) is 18.7. The number of nitrogens with one attached hydrogen (secondary N) is 1. The topological polar surface area (TPSA) is 114 Å². The number of alkyl carbamates (subject to hydrolysis) is 1. The number of hydrogen-bond acceptors (Lipinski definition) is 7. The van der Waals surface area contributed by atoms with Crippen molar-refractivity contribution in [2.24, 2.45) is 4.99 Å². The molecule has 0 aliphatic carbocycles. The van der Waals surface area contributed by atoms with Gasteiger partial charge in [-0.3, -0.25) is 4.79 Å². The quantitative estimate of drug-likeness (QED) is 0.652. The highest BCUT2D eigenvalue weighted by atomic mass is 32.2. The van der Waals surface area contributed by atoms with Crippen LogP contribution in [0.1, 0.15) is 26.3 Å². The summed E-state index contributed by atoms with van der Waals surface area (Å²) < 4.78 is 34.6. The highest BCUT2D eigenvalue weighted by molar-refractivity contribution is 8.15. The first-order valence-electron chi connectivity index (χ1n) is 10.3. The second-order valence-corrected chi connectivity index (χ2v) is 12.1. The predicted octanol–water partition coefficient (Wildman–Crippen LogP) is 1.86. The number of ether oxygens (including phenoxy) is 2. The molecule has 2 fully saturated rings. The van der Waals surface area contributed by atoms with E-state index < -0.39 is 27.4 Å². The van der Waals surface area contributed by atoms with Crippen LogP contribution in [-0.2, 0) is 25.8 Å². The van der Waals surface area contributed by atoms with Gasteiger partial charge in [0.15, 0.2) is 15.0 Å². The first-order valence-corrected chi connectivity index (χ1v) is 13.0. The molecule has 176 valence electrons. The Hall–Kier alpha value is -2.27. The summed E-state index contributed by atoms with van der Waals surface area (Å²) in [5.41, 5.74) is 0.402. The summed E-state index contributed by atoms with van der Waals surface area (Å²) in [5, 5.41) is 2.75. The average Bonchev–Trinajstić information content (AvgIpc) is 3.15. The monoisotopic (exact) mass is 483 g/mol. The van der Waals surface area contributed by atoms with Gasteiger partial charge in [-0.1, -0.05) is 23.9 Å². The van der Waals surface area contributed by atoms with Crippen LogP contribution in [0.2, 0.25) is 0 Å². The van der Waals surface area contributed by atoms with Gasteiger partial charge in [-0.05, 0) is 44.9 Å². The zero-order chi connectivity index (χ0) is 23.5. The number of nitrogens with zero attached hydrogens (tertiary/aromatic N) is 2. The zero-order valence-corrected chi connectivity index (χ0v) is 20.3. The number of fused-ring (bicyclic) bond motifs is 1. The summed E-state index contributed by atoms with van der Waals surface area (Å²) in [6, 6.07) is 7.44. The van der Waals surface area contributed by atoms with Crippen LogP contribution in [0.5, 0.6) is 5.75 Å². The largest absolute Gasteiger partial charge is 0.497 e. The molecule has 2 atom stereocenters. The van der Waals surface area contributed by atoms with Crippen LogP contribution >= 0.6 is 11.8 Å². The van der Waals surface area contributed by atoms with E-state index in [1.165, 1.54) is 11.8 Å². The van der Waals surface area contributed by atoms with Crippen molar-refractivity contribution in [2.45, 2.75) is 44.1 Å². The molecule has 11 heteroatoms. The number of hydrogen-bond donors (Lipinski definition) is 1. The van der Waals surface area contributed by atoms with Crippen molar-refractivity contribution in [1.82, 2.24) is 10.2 Å². The molecule has 2 aliphatic heterocycles. The summed E-state index contributed by atoms with van der Waals surface area (Å²) in [5.74, 6) is 0.370. The van der Waals surface area contributed by atoms with Crippen molar-refractivity contribution in [3.63, 3.8) is 0 Å². The molecular formula is C21H29N3O6S2. The highest BCUT2D eigenvalue weighted by Gasteiger charge is 2.48. The molecule has 0 spiro atoms. The lowest BCUT2D eigenvalue weighted by Gasteiger charge is -2.24. The van der Waals surface area contributed by atoms with E-state index >= 15 is 0 Å². The van der Waals surface area contributed by atoms with E-state index in [2.05, 4.69) is 10.3 Å². The smallest absolute Gasteiger partial charge is 0.408 e. The van der Waals surface area contributed by atoms with E-state index in [1.807, 2.05) is 29.2 Å². The van der Waals surface area contributed by atoms with Crippen LogP contribution in [0.4, 0.5) is 4.79 Å². The number of methoxy groups -OCH3 is 1. The van der Waals surface area contributed by atoms with Gasteiger partial charge >= 0.3 is 6.09 Å². The fourth-order valence-corrected chi connectivity index (χ4v) is 7.54. The summed E-state index contributed by atoms with van der Waals surface area (Å²) in [7, 11) is -1.51. The van der Waals surface area contributed by atoms with E-state index in [9.17, 15) is 18.0 Å². The van der Waals surface area contributed by atoms with Crippen molar-refractivity contribution in [2.75, 3.05) is 31.7 Å². The third kappa shape index (κ3) is 6.61. The minimum absolute atomic E-state index is 0.0522. The fraction of sp³-hybridized carbons (Fsp3) is 0.571.